The van der Waals surface area contributed by atoms with E-state index in [2.05, 4.69) is 44.4 Å². The SMILES string of the molecule is CN=C(NCc1ccc(N2CCSCC2)cc1)N1CCC(OCC2CCCCO2)CC1. The van der Waals surface area contributed by atoms with Gasteiger partial charge in [-0.25, -0.2) is 0 Å². The minimum Gasteiger partial charge on any atom is -0.376 e. The molecular weight excluding hydrogens is 408 g/mol. The van der Waals surface area contributed by atoms with Crippen LogP contribution in [0.25, 0.3) is 0 Å². The molecule has 3 aliphatic rings. The van der Waals surface area contributed by atoms with Crippen LogP contribution in [0.2, 0.25) is 0 Å². The average molecular weight is 447 g/mol. The zero-order valence-corrected chi connectivity index (χ0v) is 19.7. The topological polar surface area (TPSA) is 49.3 Å². The van der Waals surface area contributed by atoms with E-state index < -0.39 is 0 Å². The predicted molar refractivity (Wildman–Crippen MR) is 130 cm³/mol. The standard InChI is InChI=1S/C24H38N4O2S/c1-25-24(26-18-20-5-7-21(8-6-20)27-13-16-31-17-14-27)28-11-9-22(10-12-28)30-19-23-4-2-3-15-29-23/h5-8,22-23H,2-4,9-19H2,1H3,(H,25,26). The molecule has 0 amide bonds. The number of anilines is 1. The van der Waals surface area contributed by atoms with Crippen molar-refractivity contribution in [1.29, 1.82) is 0 Å². The van der Waals surface area contributed by atoms with E-state index in [0.717, 1.165) is 71.2 Å². The summed E-state index contributed by atoms with van der Waals surface area (Å²) in [7, 11) is 1.88. The third-order valence-corrected chi connectivity index (χ3v) is 7.45. The molecule has 0 aromatic heterocycles. The molecule has 0 aliphatic carbocycles. The Balaban J connectivity index is 1.18. The van der Waals surface area contributed by atoms with Crippen LogP contribution in [0.3, 0.4) is 0 Å². The van der Waals surface area contributed by atoms with E-state index in [1.807, 2.05) is 18.8 Å². The van der Waals surface area contributed by atoms with E-state index in [1.165, 1.54) is 35.6 Å². The normalized spacial score (nSPS) is 23.8. The average Bonchev–Trinajstić information content (AvgIpc) is 2.85. The monoisotopic (exact) mass is 446 g/mol. The van der Waals surface area contributed by atoms with E-state index in [1.54, 1.807) is 0 Å². The molecule has 31 heavy (non-hydrogen) atoms. The Kier molecular flexibility index (Phi) is 8.79. The van der Waals surface area contributed by atoms with Crippen LogP contribution in [-0.2, 0) is 16.0 Å². The lowest BCUT2D eigenvalue weighted by molar-refractivity contribution is -0.0721. The van der Waals surface area contributed by atoms with E-state index in [0.29, 0.717) is 12.2 Å². The Hall–Kier alpha value is -1.44. The van der Waals surface area contributed by atoms with Crippen molar-refractivity contribution < 1.29 is 9.47 Å². The van der Waals surface area contributed by atoms with Crippen LogP contribution in [0.4, 0.5) is 5.69 Å². The smallest absolute Gasteiger partial charge is 0.193 e. The number of nitrogens with one attached hydrogen (secondary N) is 1. The molecule has 0 radical (unpaired) electrons. The minimum absolute atomic E-state index is 0.307. The van der Waals surface area contributed by atoms with Gasteiger partial charge < -0.3 is 24.6 Å². The first-order chi connectivity index (χ1) is 15.3. The molecule has 0 saturated carbocycles. The van der Waals surface area contributed by atoms with Gasteiger partial charge in [-0.15, -0.1) is 0 Å². The number of hydrogen-bond donors (Lipinski definition) is 1. The quantitative estimate of drug-likeness (QED) is 0.534. The molecule has 1 aromatic carbocycles. The summed E-state index contributed by atoms with van der Waals surface area (Å²) in [5.74, 6) is 3.46. The first kappa shape index (κ1) is 22.7. The van der Waals surface area contributed by atoms with Crippen LogP contribution in [0.5, 0.6) is 0 Å². The highest BCUT2D eigenvalue weighted by atomic mass is 32.2. The van der Waals surface area contributed by atoms with Gasteiger partial charge in [-0.2, -0.15) is 11.8 Å². The molecule has 1 N–H and O–H groups in total. The van der Waals surface area contributed by atoms with E-state index in [9.17, 15) is 0 Å². The zero-order chi connectivity index (χ0) is 21.3. The second kappa shape index (κ2) is 12.0. The summed E-state index contributed by atoms with van der Waals surface area (Å²) in [6.45, 7) is 6.74. The molecule has 3 saturated heterocycles. The van der Waals surface area contributed by atoms with E-state index >= 15 is 0 Å². The second-order valence-corrected chi connectivity index (χ2v) is 9.90. The Morgan fingerprint density at radius 1 is 1.10 bits per heavy atom. The van der Waals surface area contributed by atoms with Gasteiger partial charge in [0.15, 0.2) is 5.96 Å². The van der Waals surface area contributed by atoms with Gasteiger partial charge >= 0.3 is 0 Å². The van der Waals surface area contributed by atoms with Crippen molar-refractivity contribution in [3.63, 3.8) is 0 Å². The number of benzene rings is 1. The van der Waals surface area contributed by atoms with Crippen molar-refractivity contribution in [2.45, 2.75) is 50.9 Å². The molecule has 7 heteroatoms. The van der Waals surface area contributed by atoms with Gasteiger partial charge in [0.1, 0.15) is 0 Å². The summed E-state index contributed by atoms with van der Waals surface area (Å²) < 4.78 is 12.0. The minimum atomic E-state index is 0.307. The highest BCUT2D eigenvalue weighted by molar-refractivity contribution is 7.99. The van der Waals surface area contributed by atoms with Gasteiger partial charge in [0.05, 0.1) is 18.8 Å². The van der Waals surface area contributed by atoms with Crippen molar-refractivity contribution >= 4 is 23.4 Å². The molecular formula is C24H38N4O2S. The second-order valence-electron chi connectivity index (χ2n) is 8.67. The summed E-state index contributed by atoms with van der Waals surface area (Å²) in [4.78, 5) is 9.37. The molecule has 1 aromatic rings. The Morgan fingerprint density at radius 3 is 2.55 bits per heavy atom. The number of rotatable bonds is 6. The van der Waals surface area contributed by atoms with Crippen molar-refractivity contribution in [3.8, 4) is 0 Å². The van der Waals surface area contributed by atoms with Gasteiger partial charge in [-0.05, 0) is 49.8 Å². The molecule has 0 bridgehead atoms. The highest BCUT2D eigenvalue weighted by Gasteiger charge is 2.23. The zero-order valence-electron chi connectivity index (χ0n) is 18.9. The number of nitrogens with zero attached hydrogens (tertiary/aromatic N) is 3. The fourth-order valence-electron chi connectivity index (χ4n) is 4.58. The Bertz CT molecular complexity index is 679. The van der Waals surface area contributed by atoms with Gasteiger partial charge in [-0.3, -0.25) is 4.99 Å². The number of hydrogen-bond acceptors (Lipinski definition) is 5. The van der Waals surface area contributed by atoms with E-state index in [4.69, 9.17) is 9.47 Å². The highest BCUT2D eigenvalue weighted by Crippen LogP contribution is 2.20. The summed E-state index contributed by atoms with van der Waals surface area (Å²) in [5.41, 5.74) is 2.64. The van der Waals surface area contributed by atoms with Crippen molar-refractivity contribution in [2.75, 3.05) is 62.8 Å². The van der Waals surface area contributed by atoms with Gasteiger partial charge in [0, 0.05) is 63.6 Å². The largest absolute Gasteiger partial charge is 0.376 e. The van der Waals surface area contributed by atoms with Crippen LogP contribution in [0.1, 0.15) is 37.7 Å². The predicted octanol–water partition coefficient (Wildman–Crippen LogP) is 3.37. The molecule has 1 atom stereocenters. The first-order valence-electron chi connectivity index (χ1n) is 11.9. The van der Waals surface area contributed by atoms with Crippen LogP contribution in [0.15, 0.2) is 29.3 Å². The maximum absolute atomic E-state index is 6.16. The third kappa shape index (κ3) is 6.77. The Morgan fingerprint density at radius 2 is 1.87 bits per heavy atom. The molecule has 172 valence electrons. The van der Waals surface area contributed by atoms with Crippen LogP contribution in [-0.4, -0.2) is 81.0 Å². The summed E-state index contributed by atoms with van der Waals surface area (Å²) in [5, 5.41) is 3.55. The lowest BCUT2D eigenvalue weighted by Crippen LogP contribution is -2.47. The van der Waals surface area contributed by atoms with Crippen molar-refractivity contribution in [1.82, 2.24) is 10.2 Å². The van der Waals surface area contributed by atoms with Gasteiger partial charge in [0.2, 0.25) is 0 Å². The summed E-state index contributed by atoms with van der Waals surface area (Å²) >= 11 is 2.05. The summed E-state index contributed by atoms with van der Waals surface area (Å²) in [6.07, 6.45) is 6.37. The van der Waals surface area contributed by atoms with Crippen LogP contribution in [0, 0.1) is 0 Å². The lowest BCUT2D eigenvalue weighted by Gasteiger charge is -2.35. The summed E-state index contributed by atoms with van der Waals surface area (Å²) in [6, 6.07) is 9.00. The van der Waals surface area contributed by atoms with Crippen LogP contribution < -0.4 is 10.2 Å². The number of piperidine rings is 1. The van der Waals surface area contributed by atoms with Crippen molar-refractivity contribution in [2.24, 2.45) is 4.99 Å². The number of ether oxygens (including phenoxy) is 2. The molecule has 3 fully saturated rings. The maximum Gasteiger partial charge on any atom is 0.193 e. The fraction of sp³-hybridized carbons (Fsp3) is 0.708. The van der Waals surface area contributed by atoms with Crippen LogP contribution >= 0.6 is 11.8 Å². The lowest BCUT2D eigenvalue weighted by atomic mass is 10.1. The number of aliphatic imine (C=N–C) groups is 1. The van der Waals surface area contributed by atoms with E-state index in [-0.39, 0.29) is 0 Å². The molecule has 6 nitrogen and oxygen atoms in total. The molecule has 3 heterocycles. The first-order valence-corrected chi connectivity index (χ1v) is 13.1. The third-order valence-electron chi connectivity index (χ3n) is 6.51. The molecule has 0 spiro atoms. The van der Waals surface area contributed by atoms with Gasteiger partial charge in [-0.1, -0.05) is 12.1 Å². The number of thioether (sulfide) groups is 1. The number of likely N-dealkylation sites (tertiary alicyclic amines) is 1. The molecule has 3 aliphatic heterocycles. The molecule has 1 unspecified atom stereocenters. The Labute approximate surface area is 191 Å². The van der Waals surface area contributed by atoms with Gasteiger partial charge in [0.25, 0.3) is 0 Å². The number of guanidine groups is 1. The fourth-order valence-corrected chi connectivity index (χ4v) is 5.48. The van der Waals surface area contributed by atoms with Crippen molar-refractivity contribution in [3.05, 3.63) is 29.8 Å². The molecule has 4 rings (SSSR count). The maximum atomic E-state index is 6.16.